The maximum Gasteiger partial charge on any atom is 0.330 e. The lowest BCUT2D eigenvalue weighted by Crippen LogP contribution is -2.46. The standard InChI is InChI=1S/C25H27ClN8O2/c1-31-9-11-33(12-10-31)19-6-3-16(4-7-19)23(35)29-18-5-8-20(26)21(13-18)34-15-17-14-28-24(27)30-22(17)32(2)25(34)36/h3-8,13-14H,9-12,15H2,1-2H3,(H,29,35)(H2,27,28,30). The van der Waals surface area contributed by atoms with E-state index in [1.165, 1.54) is 9.80 Å². The highest BCUT2D eigenvalue weighted by Gasteiger charge is 2.31. The van der Waals surface area contributed by atoms with Crippen LogP contribution in [0.25, 0.3) is 0 Å². The number of amides is 3. The summed E-state index contributed by atoms with van der Waals surface area (Å²) >= 11 is 6.46. The lowest BCUT2D eigenvalue weighted by Gasteiger charge is -2.34. The average molecular weight is 507 g/mol. The molecule has 2 aliphatic heterocycles. The number of nitrogens with one attached hydrogen (secondary N) is 1. The Hall–Kier alpha value is -3.89. The topological polar surface area (TPSA) is 111 Å². The average Bonchev–Trinajstić information content (AvgIpc) is 2.88. The van der Waals surface area contributed by atoms with E-state index >= 15 is 0 Å². The number of aromatic nitrogens is 2. The van der Waals surface area contributed by atoms with Gasteiger partial charge >= 0.3 is 6.03 Å². The number of carbonyl (C=O) groups excluding carboxylic acids is 2. The summed E-state index contributed by atoms with van der Waals surface area (Å²) in [5.41, 5.74) is 9.06. The van der Waals surface area contributed by atoms with Crippen LogP contribution in [0.15, 0.2) is 48.7 Å². The normalized spacial score (nSPS) is 16.2. The number of benzene rings is 2. The zero-order valence-corrected chi connectivity index (χ0v) is 20.9. The van der Waals surface area contributed by atoms with Crippen LogP contribution >= 0.6 is 11.6 Å². The van der Waals surface area contributed by atoms with Gasteiger partial charge in [0.2, 0.25) is 5.95 Å². The van der Waals surface area contributed by atoms with Crippen LogP contribution in [0.2, 0.25) is 5.02 Å². The van der Waals surface area contributed by atoms with Crippen LogP contribution in [-0.2, 0) is 6.54 Å². The highest BCUT2D eigenvalue weighted by Crippen LogP contribution is 2.35. The molecule has 0 bridgehead atoms. The van der Waals surface area contributed by atoms with Crippen LogP contribution in [0.3, 0.4) is 0 Å². The first-order valence-electron chi connectivity index (χ1n) is 11.6. The van der Waals surface area contributed by atoms with Gasteiger partial charge in [-0.25, -0.2) is 9.78 Å². The van der Waals surface area contributed by atoms with Crippen molar-refractivity contribution in [2.75, 3.05) is 66.0 Å². The zero-order valence-electron chi connectivity index (χ0n) is 20.1. The molecule has 5 rings (SSSR count). The molecule has 2 aliphatic rings. The van der Waals surface area contributed by atoms with Crippen LogP contribution < -0.4 is 25.8 Å². The first-order valence-corrected chi connectivity index (χ1v) is 12.0. The highest BCUT2D eigenvalue weighted by atomic mass is 35.5. The number of urea groups is 1. The number of nitrogens with two attached hydrogens (primary N) is 1. The Bertz CT molecular complexity index is 1310. The van der Waals surface area contributed by atoms with Crippen LogP contribution in [0.5, 0.6) is 0 Å². The van der Waals surface area contributed by atoms with Crippen molar-refractivity contribution in [3.05, 3.63) is 64.8 Å². The summed E-state index contributed by atoms with van der Waals surface area (Å²) in [7, 11) is 3.74. The molecule has 0 atom stereocenters. The van der Waals surface area contributed by atoms with Crippen molar-refractivity contribution in [1.82, 2.24) is 14.9 Å². The third-order valence-corrected chi connectivity index (χ3v) is 6.84. The maximum atomic E-state index is 13.1. The van der Waals surface area contributed by atoms with E-state index in [2.05, 4.69) is 32.1 Å². The van der Waals surface area contributed by atoms with Gasteiger partial charge in [-0.2, -0.15) is 4.98 Å². The minimum Gasteiger partial charge on any atom is -0.369 e. The third kappa shape index (κ3) is 4.65. The molecule has 1 saturated heterocycles. The monoisotopic (exact) mass is 506 g/mol. The van der Waals surface area contributed by atoms with Crippen molar-refractivity contribution in [1.29, 1.82) is 0 Å². The van der Waals surface area contributed by atoms with E-state index in [0.717, 1.165) is 37.4 Å². The Labute approximate surface area is 214 Å². The third-order valence-electron chi connectivity index (χ3n) is 6.52. The number of halogens is 1. The Morgan fingerprint density at radius 3 is 2.50 bits per heavy atom. The van der Waals surface area contributed by atoms with Crippen molar-refractivity contribution in [3.63, 3.8) is 0 Å². The molecule has 3 heterocycles. The molecule has 2 aromatic carbocycles. The molecule has 186 valence electrons. The van der Waals surface area contributed by atoms with Gasteiger partial charge < -0.3 is 20.9 Å². The van der Waals surface area contributed by atoms with Crippen molar-refractivity contribution in [2.45, 2.75) is 6.54 Å². The van der Waals surface area contributed by atoms with Crippen LogP contribution in [-0.4, -0.2) is 67.1 Å². The van der Waals surface area contributed by atoms with Gasteiger partial charge in [-0.1, -0.05) is 11.6 Å². The largest absolute Gasteiger partial charge is 0.369 e. The summed E-state index contributed by atoms with van der Waals surface area (Å²) in [6, 6.07) is 12.3. The predicted octanol–water partition coefficient (Wildman–Crippen LogP) is 3.29. The molecular formula is C25H27ClN8O2. The molecule has 3 N–H and O–H groups in total. The molecule has 3 amide bonds. The number of anilines is 5. The van der Waals surface area contributed by atoms with Gasteiger partial charge in [0.1, 0.15) is 5.82 Å². The number of rotatable bonds is 4. The van der Waals surface area contributed by atoms with E-state index in [1.807, 2.05) is 24.3 Å². The van der Waals surface area contributed by atoms with Crippen LogP contribution in [0.1, 0.15) is 15.9 Å². The first kappa shape index (κ1) is 23.8. The quantitative estimate of drug-likeness (QED) is 0.558. The van der Waals surface area contributed by atoms with Gasteiger partial charge in [0.25, 0.3) is 5.91 Å². The second kappa shape index (κ2) is 9.63. The van der Waals surface area contributed by atoms with E-state index in [0.29, 0.717) is 27.8 Å². The number of hydrogen-bond acceptors (Lipinski definition) is 7. The molecule has 36 heavy (non-hydrogen) atoms. The van der Waals surface area contributed by atoms with Gasteiger partial charge in [-0.15, -0.1) is 0 Å². The molecular weight excluding hydrogens is 480 g/mol. The minimum atomic E-state index is -0.314. The second-order valence-electron chi connectivity index (χ2n) is 8.96. The van der Waals surface area contributed by atoms with Crippen molar-refractivity contribution in [3.8, 4) is 0 Å². The smallest absolute Gasteiger partial charge is 0.330 e. The second-order valence-corrected chi connectivity index (χ2v) is 9.37. The molecule has 10 nitrogen and oxygen atoms in total. The number of piperazine rings is 1. The summed E-state index contributed by atoms with van der Waals surface area (Å²) < 4.78 is 0. The molecule has 0 spiro atoms. The summed E-state index contributed by atoms with van der Waals surface area (Å²) in [4.78, 5) is 41.8. The molecule has 0 radical (unpaired) electrons. The van der Waals surface area contributed by atoms with E-state index in [9.17, 15) is 9.59 Å². The number of carbonyl (C=O) groups is 2. The molecule has 1 fully saturated rings. The number of hydrogen-bond donors (Lipinski definition) is 2. The Morgan fingerprint density at radius 2 is 1.78 bits per heavy atom. The van der Waals surface area contributed by atoms with Gasteiger partial charge in [0.05, 0.1) is 17.3 Å². The molecule has 1 aromatic heterocycles. The van der Waals surface area contributed by atoms with Gasteiger partial charge in [-0.05, 0) is 49.5 Å². The molecule has 11 heteroatoms. The summed E-state index contributed by atoms with van der Waals surface area (Å²) in [6.07, 6.45) is 1.60. The number of fused-ring (bicyclic) bond motifs is 1. The Kier molecular flexibility index (Phi) is 6.38. The fraction of sp³-hybridized carbons (Fsp3) is 0.280. The SMILES string of the molecule is CN1CCN(c2ccc(C(=O)Nc3ccc(Cl)c(N4Cc5cnc(N)nc5N(C)C4=O)c3)cc2)CC1. The van der Waals surface area contributed by atoms with Gasteiger partial charge in [0, 0.05) is 61.9 Å². The van der Waals surface area contributed by atoms with Crippen molar-refractivity contribution >= 4 is 52.4 Å². The maximum absolute atomic E-state index is 13.1. The van der Waals surface area contributed by atoms with Gasteiger partial charge in [-0.3, -0.25) is 14.6 Å². The number of nitrogens with zero attached hydrogens (tertiary/aromatic N) is 6. The van der Waals surface area contributed by atoms with E-state index in [1.54, 1.807) is 31.4 Å². The summed E-state index contributed by atoms with van der Waals surface area (Å²) in [5, 5.41) is 3.29. The minimum absolute atomic E-state index is 0.0983. The molecule has 0 aliphatic carbocycles. The predicted molar refractivity (Wildman–Crippen MR) is 142 cm³/mol. The first-order chi connectivity index (χ1) is 17.3. The van der Waals surface area contributed by atoms with Crippen LogP contribution in [0, 0.1) is 0 Å². The van der Waals surface area contributed by atoms with E-state index in [4.69, 9.17) is 17.3 Å². The lowest BCUT2D eigenvalue weighted by molar-refractivity contribution is 0.102. The molecule has 0 saturated carbocycles. The van der Waals surface area contributed by atoms with E-state index < -0.39 is 0 Å². The lowest BCUT2D eigenvalue weighted by atomic mass is 10.1. The van der Waals surface area contributed by atoms with Crippen LogP contribution in [0.4, 0.5) is 33.6 Å². The van der Waals surface area contributed by atoms with Crippen molar-refractivity contribution < 1.29 is 9.59 Å². The fourth-order valence-electron chi connectivity index (χ4n) is 4.40. The van der Waals surface area contributed by atoms with Gasteiger partial charge in [0.15, 0.2) is 0 Å². The Balaban J connectivity index is 1.32. The number of likely N-dealkylation sites (N-methyl/N-ethyl adjacent to an activating group) is 1. The Morgan fingerprint density at radius 1 is 1.06 bits per heavy atom. The van der Waals surface area contributed by atoms with E-state index in [-0.39, 0.29) is 24.4 Å². The summed E-state index contributed by atoms with van der Waals surface area (Å²) in [6.45, 7) is 4.18. The van der Waals surface area contributed by atoms with Crippen molar-refractivity contribution in [2.24, 2.45) is 0 Å². The molecule has 0 unspecified atom stereocenters. The summed E-state index contributed by atoms with van der Waals surface area (Å²) in [5.74, 6) is 0.315. The zero-order chi connectivity index (χ0) is 25.4. The number of nitrogen functional groups attached to an aromatic ring is 1. The fourth-order valence-corrected chi connectivity index (χ4v) is 4.62. The highest BCUT2D eigenvalue weighted by molar-refractivity contribution is 6.34. The molecule has 3 aromatic rings.